The van der Waals surface area contributed by atoms with Crippen molar-refractivity contribution in [2.24, 2.45) is 4.99 Å². The first-order chi connectivity index (χ1) is 11.1. The van der Waals surface area contributed by atoms with Crippen molar-refractivity contribution >= 4 is 47.2 Å². The highest BCUT2D eigenvalue weighted by atomic mass is 127. The molecule has 0 aliphatic heterocycles. The molecule has 1 heterocycles. The van der Waals surface area contributed by atoms with E-state index in [9.17, 15) is 4.79 Å². The van der Waals surface area contributed by atoms with Gasteiger partial charge in [0.15, 0.2) is 5.96 Å². The van der Waals surface area contributed by atoms with Crippen LogP contribution < -0.4 is 16.0 Å². The average Bonchev–Trinajstić information content (AvgIpc) is 3.26. The molecule has 24 heavy (non-hydrogen) atoms. The van der Waals surface area contributed by atoms with Gasteiger partial charge in [0.25, 0.3) is 0 Å². The summed E-state index contributed by atoms with van der Waals surface area (Å²) in [7, 11) is 0. The number of hydrogen-bond donors (Lipinski definition) is 3. The van der Waals surface area contributed by atoms with Crippen LogP contribution in [-0.2, 0) is 11.3 Å². The smallest absolute Gasteiger partial charge is 0.220 e. The fourth-order valence-electron chi connectivity index (χ4n) is 2.08. The molecule has 0 spiro atoms. The molecule has 1 fully saturated rings. The van der Waals surface area contributed by atoms with E-state index < -0.39 is 0 Å². The second kappa shape index (κ2) is 10.9. The van der Waals surface area contributed by atoms with Crippen molar-refractivity contribution in [2.45, 2.75) is 59.0 Å². The number of carbonyl (C=O) groups is 1. The largest absolute Gasteiger partial charge is 0.357 e. The SMILES string of the molecule is CCNC(=NCc1nc(C)c(C)s1)NCCCC(=O)NC1CC1.I. The highest BCUT2D eigenvalue weighted by Crippen LogP contribution is 2.18. The Morgan fingerprint density at radius 2 is 2.08 bits per heavy atom. The zero-order valence-corrected chi connectivity index (χ0v) is 17.8. The van der Waals surface area contributed by atoms with E-state index in [2.05, 4.69) is 32.9 Å². The summed E-state index contributed by atoms with van der Waals surface area (Å²) in [4.78, 5) is 21.9. The monoisotopic (exact) mass is 465 g/mol. The number of carbonyl (C=O) groups excluding carboxylic acids is 1. The maximum absolute atomic E-state index is 11.6. The Hall–Kier alpha value is -0.900. The quantitative estimate of drug-likeness (QED) is 0.239. The van der Waals surface area contributed by atoms with Gasteiger partial charge in [-0.05, 0) is 40.0 Å². The predicted molar refractivity (Wildman–Crippen MR) is 110 cm³/mol. The molecule has 6 nitrogen and oxygen atoms in total. The van der Waals surface area contributed by atoms with Crippen molar-refractivity contribution in [2.75, 3.05) is 13.1 Å². The molecule has 1 saturated carbocycles. The first-order valence-electron chi connectivity index (χ1n) is 8.33. The molecule has 0 saturated heterocycles. The lowest BCUT2D eigenvalue weighted by Gasteiger charge is -2.10. The third kappa shape index (κ3) is 7.78. The summed E-state index contributed by atoms with van der Waals surface area (Å²) in [6, 6.07) is 0.444. The summed E-state index contributed by atoms with van der Waals surface area (Å²) in [6.07, 6.45) is 3.64. The number of hydrogen-bond acceptors (Lipinski definition) is 4. The Bertz CT molecular complexity index is 537. The Balaban J connectivity index is 0.00000288. The van der Waals surface area contributed by atoms with E-state index in [1.165, 1.54) is 4.88 Å². The number of nitrogens with one attached hydrogen (secondary N) is 3. The maximum Gasteiger partial charge on any atom is 0.220 e. The van der Waals surface area contributed by atoms with Gasteiger partial charge in [-0.15, -0.1) is 35.3 Å². The molecule has 136 valence electrons. The van der Waals surface area contributed by atoms with Gasteiger partial charge in [0.2, 0.25) is 5.91 Å². The lowest BCUT2D eigenvalue weighted by molar-refractivity contribution is -0.121. The van der Waals surface area contributed by atoms with Gasteiger partial charge < -0.3 is 16.0 Å². The van der Waals surface area contributed by atoms with Crippen LogP contribution in [0.1, 0.15) is 48.2 Å². The van der Waals surface area contributed by atoms with Crippen LogP contribution in [0.15, 0.2) is 4.99 Å². The van der Waals surface area contributed by atoms with E-state index in [1.807, 2.05) is 13.8 Å². The standard InChI is InChI=1S/C16H27N5OS.HI/c1-4-17-16(19-10-15-20-11(2)12(3)23-15)18-9-5-6-14(22)21-13-7-8-13;/h13H,4-10H2,1-3H3,(H,21,22)(H2,17,18,19);1H. The number of guanidine groups is 1. The molecule has 1 amide bonds. The van der Waals surface area contributed by atoms with E-state index in [-0.39, 0.29) is 29.9 Å². The molecule has 1 aliphatic rings. The van der Waals surface area contributed by atoms with Gasteiger partial charge in [-0.1, -0.05) is 0 Å². The Morgan fingerprint density at radius 3 is 2.67 bits per heavy atom. The van der Waals surface area contributed by atoms with Gasteiger partial charge in [0.1, 0.15) is 5.01 Å². The van der Waals surface area contributed by atoms with Crippen molar-refractivity contribution in [3.8, 4) is 0 Å². The molecule has 1 aromatic rings. The Kier molecular flexibility index (Phi) is 9.57. The van der Waals surface area contributed by atoms with Crippen LogP contribution in [0.25, 0.3) is 0 Å². The van der Waals surface area contributed by atoms with Gasteiger partial charge in [-0.3, -0.25) is 4.79 Å². The van der Waals surface area contributed by atoms with E-state index in [4.69, 9.17) is 0 Å². The third-order valence-corrected chi connectivity index (χ3v) is 4.66. The number of aryl methyl sites for hydroxylation is 2. The van der Waals surface area contributed by atoms with Crippen LogP contribution >= 0.6 is 35.3 Å². The zero-order valence-electron chi connectivity index (χ0n) is 14.6. The fourth-order valence-corrected chi connectivity index (χ4v) is 2.94. The predicted octanol–water partition coefficient (Wildman–Crippen LogP) is 2.49. The molecule has 1 aliphatic carbocycles. The number of thiazole rings is 1. The summed E-state index contributed by atoms with van der Waals surface area (Å²) in [6.45, 7) is 8.27. The first kappa shape index (κ1) is 21.1. The Morgan fingerprint density at radius 1 is 1.33 bits per heavy atom. The van der Waals surface area contributed by atoms with Crippen molar-refractivity contribution in [3.63, 3.8) is 0 Å². The number of nitrogens with zero attached hydrogens (tertiary/aromatic N) is 2. The highest BCUT2D eigenvalue weighted by molar-refractivity contribution is 14.0. The minimum absolute atomic E-state index is 0. The maximum atomic E-state index is 11.6. The number of aromatic nitrogens is 1. The molecular formula is C16H28IN5OS. The lowest BCUT2D eigenvalue weighted by atomic mass is 10.3. The number of rotatable bonds is 8. The van der Waals surface area contributed by atoms with Gasteiger partial charge in [-0.25, -0.2) is 9.98 Å². The molecule has 0 aromatic carbocycles. The normalized spacial score (nSPS) is 14.0. The number of aliphatic imine (C=N–C) groups is 1. The van der Waals surface area contributed by atoms with Crippen LogP contribution in [0.4, 0.5) is 0 Å². The molecular weight excluding hydrogens is 437 g/mol. The summed E-state index contributed by atoms with van der Waals surface area (Å²) in [5.41, 5.74) is 1.08. The lowest BCUT2D eigenvalue weighted by Crippen LogP contribution is -2.38. The van der Waals surface area contributed by atoms with E-state index in [1.54, 1.807) is 11.3 Å². The zero-order chi connectivity index (χ0) is 16.7. The molecule has 0 radical (unpaired) electrons. The molecule has 0 unspecified atom stereocenters. The van der Waals surface area contributed by atoms with Crippen molar-refractivity contribution in [1.29, 1.82) is 0 Å². The van der Waals surface area contributed by atoms with Crippen LogP contribution in [0.3, 0.4) is 0 Å². The number of halogens is 1. The second-order valence-electron chi connectivity index (χ2n) is 5.82. The van der Waals surface area contributed by atoms with Crippen LogP contribution in [0.5, 0.6) is 0 Å². The molecule has 1 aromatic heterocycles. The van der Waals surface area contributed by atoms with Crippen LogP contribution in [0.2, 0.25) is 0 Å². The molecule has 0 atom stereocenters. The number of amides is 1. The Labute approximate surface area is 165 Å². The van der Waals surface area contributed by atoms with Gasteiger partial charge in [-0.2, -0.15) is 0 Å². The van der Waals surface area contributed by atoms with E-state index >= 15 is 0 Å². The molecule has 0 bridgehead atoms. The third-order valence-electron chi connectivity index (χ3n) is 3.60. The first-order valence-corrected chi connectivity index (χ1v) is 9.14. The summed E-state index contributed by atoms with van der Waals surface area (Å²) in [5, 5.41) is 10.5. The van der Waals surface area contributed by atoms with Crippen LogP contribution in [0, 0.1) is 13.8 Å². The second-order valence-corrected chi connectivity index (χ2v) is 7.10. The van der Waals surface area contributed by atoms with Crippen molar-refractivity contribution in [3.05, 3.63) is 15.6 Å². The fraction of sp³-hybridized carbons (Fsp3) is 0.688. The highest BCUT2D eigenvalue weighted by Gasteiger charge is 2.22. The van der Waals surface area contributed by atoms with Gasteiger partial charge >= 0.3 is 0 Å². The minimum atomic E-state index is 0. The minimum Gasteiger partial charge on any atom is -0.357 e. The van der Waals surface area contributed by atoms with E-state index in [0.717, 1.165) is 49.0 Å². The molecule has 2 rings (SSSR count). The van der Waals surface area contributed by atoms with Gasteiger partial charge in [0, 0.05) is 30.4 Å². The van der Waals surface area contributed by atoms with Crippen LogP contribution in [-0.4, -0.2) is 36.0 Å². The van der Waals surface area contributed by atoms with Gasteiger partial charge in [0.05, 0.1) is 12.2 Å². The van der Waals surface area contributed by atoms with E-state index in [0.29, 0.717) is 19.0 Å². The molecule has 8 heteroatoms. The van der Waals surface area contributed by atoms with Crippen molar-refractivity contribution in [1.82, 2.24) is 20.9 Å². The summed E-state index contributed by atoms with van der Waals surface area (Å²) in [5.74, 6) is 0.936. The molecule has 3 N–H and O–H groups in total. The average molecular weight is 465 g/mol. The summed E-state index contributed by atoms with van der Waals surface area (Å²) < 4.78 is 0. The topological polar surface area (TPSA) is 78.4 Å². The summed E-state index contributed by atoms with van der Waals surface area (Å²) >= 11 is 1.69. The van der Waals surface area contributed by atoms with Crippen molar-refractivity contribution < 1.29 is 4.79 Å².